The first kappa shape index (κ1) is 21.8. The van der Waals surface area contributed by atoms with Crippen LogP contribution in [0.25, 0.3) is 0 Å². The highest BCUT2D eigenvalue weighted by molar-refractivity contribution is 5.90. The molecule has 0 aromatic heterocycles. The van der Waals surface area contributed by atoms with Crippen molar-refractivity contribution in [1.29, 1.82) is 0 Å². The Kier molecular flexibility index (Phi) is 8.27. The minimum absolute atomic E-state index is 0.0170. The van der Waals surface area contributed by atoms with Crippen molar-refractivity contribution in [1.82, 2.24) is 10.2 Å². The zero-order valence-corrected chi connectivity index (χ0v) is 17.5. The zero-order chi connectivity index (χ0) is 21.2. The first-order chi connectivity index (χ1) is 14.6. The smallest absolute Gasteiger partial charge is 0.321 e. The van der Waals surface area contributed by atoms with Gasteiger partial charge in [0.05, 0.1) is 12.0 Å². The van der Waals surface area contributed by atoms with Crippen LogP contribution in [0.2, 0.25) is 0 Å². The minimum atomic E-state index is -0.163. The van der Waals surface area contributed by atoms with Crippen LogP contribution in [0, 0.1) is 5.92 Å². The van der Waals surface area contributed by atoms with Crippen molar-refractivity contribution < 1.29 is 14.3 Å². The summed E-state index contributed by atoms with van der Waals surface area (Å²) >= 11 is 0. The van der Waals surface area contributed by atoms with E-state index < -0.39 is 0 Å². The molecule has 1 heterocycles. The van der Waals surface area contributed by atoms with Gasteiger partial charge in [0, 0.05) is 31.9 Å². The molecule has 0 aliphatic carbocycles. The summed E-state index contributed by atoms with van der Waals surface area (Å²) in [7, 11) is 0. The Morgan fingerprint density at radius 3 is 2.53 bits per heavy atom. The molecule has 3 rings (SSSR count). The Morgan fingerprint density at radius 1 is 1.10 bits per heavy atom. The third-order valence-corrected chi connectivity index (χ3v) is 5.36. The number of piperidine rings is 1. The van der Waals surface area contributed by atoms with E-state index >= 15 is 0 Å². The van der Waals surface area contributed by atoms with Gasteiger partial charge in [-0.1, -0.05) is 48.5 Å². The van der Waals surface area contributed by atoms with Gasteiger partial charge in [-0.2, -0.15) is 0 Å². The number of anilines is 1. The maximum atomic E-state index is 12.5. The fourth-order valence-electron chi connectivity index (χ4n) is 3.61. The number of nitrogens with zero attached hydrogens (tertiary/aromatic N) is 1. The molecule has 3 amide bonds. The lowest BCUT2D eigenvalue weighted by Crippen LogP contribution is -2.47. The quantitative estimate of drug-likeness (QED) is 0.642. The molecule has 160 valence electrons. The van der Waals surface area contributed by atoms with E-state index in [1.54, 1.807) is 4.90 Å². The molecule has 2 aromatic rings. The Labute approximate surface area is 178 Å². The average molecular weight is 410 g/mol. The Hall–Kier alpha value is -2.86. The minimum Gasteiger partial charge on any atom is -0.374 e. The van der Waals surface area contributed by atoms with Gasteiger partial charge in [0.2, 0.25) is 5.91 Å². The van der Waals surface area contributed by atoms with E-state index in [2.05, 4.69) is 22.8 Å². The number of likely N-dealkylation sites (tertiary alicyclic amines) is 1. The molecule has 0 saturated carbocycles. The van der Waals surface area contributed by atoms with Crippen molar-refractivity contribution in [2.75, 3.05) is 31.6 Å². The molecule has 0 spiro atoms. The summed E-state index contributed by atoms with van der Waals surface area (Å²) in [6.07, 6.45) is 2.44. The van der Waals surface area contributed by atoms with Gasteiger partial charge in [0.25, 0.3) is 0 Å². The van der Waals surface area contributed by atoms with Crippen molar-refractivity contribution in [3.8, 4) is 0 Å². The van der Waals surface area contributed by atoms with Gasteiger partial charge in [-0.25, -0.2) is 4.79 Å². The normalized spacial score (nSPS) is 17.2. The van der Waals surface area contributed by atoms with Crippen LogP contribution in [0.1, 0.15) is 37.9 Å². The van der Waals surface area contributed by atoms with Crippen molar-refractivity contribution in [2.45, 2.75) is 32.3 Å². The SMILES string of the molecule is CC(OCCCNC(=O)C1CCCN(C(=O)Nc2ccccc2)C1)c1ccccc1. The monoisotopic (exact) mass is 409 g/mol. The number of hydrogen-bond donors (Lipinski definition) is 2. The number of hydrogen-bond acceptors (Lipinski definition) is 3. The highest BCUT2D eigenvalue weighted by Gasteiger charge is 2.28. The molecule has 6 heteroatoms. The van der Waals surface area contributed by atoms with E-state index in [4.69, 9.17) is 4.74 Å². The highest BCUT2D eigenvalue weighted by atomic mass is 16.5. The van der Waals surface area contributed by atoms with Crippen molar-refractivity contribution in [3.63, 3.8) is 0 Å². The molecule has 2 N–H and O–H groups in total. The van der Waals surface area contributed by atoms with E-state index in [-0.39, 0.29) is 24.0 Å². The summed E-state index contributed by atoms with van der Waals surface area (Å²) in [5, 5.41) is 5.89. The van der Waals surface area contributed by atoms with Gasteiger partial charge in [-0.05, 0) is 43.9 Å². The van der Waals surface area contributed by atoms with E-state index in [1.807, 2.05) is 55.5 Å². The zero-order valence-electron chi connectivity index (χ0n) is 17.5. The van der Waals surface area contributed by atoms with Gasteiger partial charge >= 0.3 is 6.03 Å². The van der Waals surface area contributed by atoms with Crippen LogP contribution in [-0.4, -0.2) is 43.1 Å². The summed E-state index contributed by atoms with van der Waals surface area (Å²) in [6.45, 7) is 4.32. The predicted octanol–water partition coefficient (Wildman–Crippen LogP) is 4.21. The lowest BCUT2D eigenvalue weighted by Gasteiger charge is -2.32. The van der Waals surface area contributed by atoms with Crippen LogP contribution >= 0.6 is 0 Å². The third-order valence-electron chi connectivity index (χ3n) is 5.36. The molecule has 1 saturated heterocycles. The van der Waals surface area contributed by atoms with Gasteiger partial charge in [0.1, 0.15) is 0 Å². The third kappa shape index (κ3) is 6.59. The molecule has 2 atom stereocenters. The second-order valence-corrected chi connectivity index (χ2v) is 7.65. The number of benzene rings is 2. The number of amides is 3. The van der Waals surface area contributed by atoms with Crippen LogP contribution in [-0.2, 0) is 9.53 Å². The largest absolute Gasteiger partial charge is 0.374 e. The van der Waals surface area contributed by atoms with E-state index in [1.165, 1.54) is 0 Å². The van der Waals surface area contributed by atoms with Gasteiger partial charge in [0.15, 0.2) is 0 Å². The first-order valence-electron chi connectivity index (χ1n) is 10.7. The number of para-hydroxylation sites is 1. The number of carbonyl (C=O) groups is 2. The summed E-state index contributed by atoms with van der Waals surface area (Å²) < 4.78 is 5.85. The molecule has 30 heavy (non-hydrogen) atoms. The molecule has 6 nitrogen and oxygen atoms in total. The first-order valence-corrected chi connectivity index (χ1v) is 10.7. The highest BCUT2D eigenvalue weighted by Crippen LogP contribution is 2.18. The molecule has 2 aromatic carbocycles. The lowest BCUT2D eigenvalue weighted by molar-refractivity contribution is -0.126. The van der Waals surface area contributed by atoms with Gasteiger partial charge in [-0.15, -0.1) is 0 Å². The van der Waals surface area contributed by atoms with E-state index in [9.17, 15) is 9.59 Å². The number of rotatable bonds is 8. The Bertz CT molecular complexity index is 798. The second kappa shape index (κ2) is 11.4. The summed E-state index contributed by atoms with van der Waals surface area (Å²) in [4.78, 5) is 26.7. The van der Waals surface area contributed by atoms with Crippen LogP contribution in [0.4, 0.5) is 10.5 Å². The number of ether oxygens (including phenoxy) is 1. The molecule has 1 aliphatic rings. The molecule has 0 bridgehead atoms. The van der Waals surface area contributed by atoms with Crippen LogP contribution in [0.5, 0.6) is 0 Å². The number of nitrogens with one attached hydrogen (secondary N) is 2. The summed E-state index contributed by atoms with van der Waals surface area (Å²) in [6, 6.07) is 19.3. The molecule has 0 radical (unpaired) electrons. The van der Waals surface area contributed by atoms with Crippen LogP contribution < -0.4 is 10.6 Å². The topological polar surface area (TPSA) is 70.7 Å². The number of carbonyl (C=O) groups excluding carboxylic acids is 2. The Balaban J connectivity index is 1.35. The van der Waals surface area contributed by atoms with E-state index in [0.29, 0.717) is 26.2 Å². The molecular formula is C24H31N3O3. The average Bonchev–Trinajstić information content (AvgIpc) is 2.80. The molecule has 1 aliphatic heterocycles. The maximum Gasteiger partial charge on any atom is 0.321 e. The van der Waals surface area contributed by atoms with Gasteiger partial charge in [-0.3, -0.25) is 4.79 Å². The Morgan fingerprint density at radius 2 is 1.80 bits per heavy atom. The van der Waals surface area contributed by atoms with Crippen LogP contribution in [0.3, 0.4) is 0 Å². The summed E-state index contributed by atoms with van der Waals surface area (Å²) in [5.74, 6) is -0.146. The molecular weight excluding hydrogens is 378 g/mol. The molecule has 2 unspecified atom stereocenters. The molecule has 1 fully saturated rings. The summed E-state index contributed by atoms with van der Waals surface area (Å²) in [5.41, 5.74) is 1.91. The maximum absolute atomic E-state index is 12.5. The van der Waals surface area contributed by atoms with Crippen molar-refractivity contribution in [2.24, 2.45) is 5.92 Å². The van der Waals surface area contributed by atoms with Crippen LogP contribution in [0.15, 0.2) is 60.7 Å². The van der Waals surface area contributed by atoms with Gasteiger partial charge < -0.3 is 20.3 Å². The van der Waals surface area contributed by atoms with Crippen molar-refractivity contribution in [3.05, 3.63) is 66.2 Å². The number of urea groups is 1. The fourth-order valence-corrected chi connectivity index (χ4v) is 3.61. The second-order valence-electron chi connectivity index (χ2n) is 7.65. The van der Waals surface area contributed by atoms with Crippen molar-refractivity contribution >= 4 is 17.6 Å². The standard InChI is InChI=1S/C24H31N3O3/c1-19(20-10-4-2-5-11-20)30-17-9-15-25-23(28)21-12-8-16-27(18-21)24(29)26-22-13-6-3-7-14-22/h2-7,10-11,13-14,19,21H,8-9,12,15-18H2,1H3,(H,25,28)(H,26,29). The fraction of sp³-hybridized carbons (Fsp3) is 0.417. The van der Waals surface area contributed by atoms with E-state index in [0.717, 1.165) is 30.5 Å². The lowest BCUT2D eigenvalue weighted by atomic mass is 9.97. The predicted molar refractivity (Wildman–Crippen MR) is 118 cm³/mol.